The van der Waals surface area contributed by atoms with E-state index in [0.29, 0.717) is 0 Å². The van der Waals surface area contributed by atoms with Gasteiger partial charge in [-0.2, -0.15) is 0 Å². The highest BCUT2D eigenvalue weighted by molar-refractivity contribution is 6.02. The molecule has 0 atom stereocenters. The average Bonchev–Trinajstić information content (AvgIpc) is 2.81. The second-order valence-electron chi connectivity index (χ2n) is 9.80. The highest BCUT2D eigenvalue weighted by Crippen LogP contribution is 2.56. The Balaban J connectivity index is 1.88. The SMILES string of the molecule is CC(C)(O)c1cccc(C(C)(C)O)c1N1c2ccccc2N(c2ccccc2)c2ccccc21. The predicted molar refractivity (Wildman–Crippen MR) is 140 cm³/mol. The average molecular weight is 451 g/mol. The molecule has 1 aliphatic heterocycles. The number of nitrogens with zero attached hydrogens (tertiary/aromatic N) is 2. The number of hydrogen-bond donors (Lipinski definition) is 2. The molecule has 0 saturated heterocycles. The van der Waals surface area contributed by atoms with Crippen LogP contribution in [0.1, 0.15) is 38.8 Å². The van der Waals surface area contributed by atoms with Crippen molar-refractivity contribution in [3.05, 3.63) is 108 Å². The van der Waals surface area contributed by atoms with E-state index in [1.165, 1.54) is 0 Å². The van der Waals surface area contributed by atoms with Crippen molar-refractivity contribution in [2.45, 2.75) is 38.9 Å². The summed E-state index contributed by atoms with van der Waals surface area (Å²) in [5, 5.41) is 22.4. The molecule has 0 amide bonds. The molecule has 0 radical (unpaired) electrons. The van der Waals surface area contributed by atoms with E-state index >= 15 is 0 Å². The van der Waals surface area contributed by atoms with E-state index in [9.17, 15) is 10.2 Å². The van der Waals surface area contributed by atoms with Crippen LogP contribution in [-0.4, -0.2) is 10.2 Å². The lowest BCUT2D eigenvalue weighted by Crippen LogP contribution is -2.30. The number of rotatable bonds is 4. The fourth-order valence-electron chi connectivity index (χ4n) is 4.81. The minimum Gasteiger partial charge on any atom is -0.386 e. The standard InChI is InChI=1S/C30H30N2O2/c1-29(2,33)22-15-12-16-23(30(3,4)34)28(22)32-26-19-10-8-17-24(26)31(21-13-6-5-7-14-21)25-18-9-11-20-27(25)32/h5-20,33-34H,1-4H3. The molecule has 0 saturated carbocycles. The molecule has 4 aromatic carbocycles. The first-order valence-corrected chi connectivity index (χ1v) is 11.6. The van der Waals surface area contributed by atoms with Gasteiger partial charge in [0.2, 0.25) is 0 Å². The molecule has 172 valence electrons. The van der Waals surface area contributed by atoms with E-state index in [-0.39, 0.29) is 0 Å². The van der Waals surface area contributed by atoms with Crippen LogP contribution in [0.4, 0.5) is 34.1 Å². The Bertz CT molecular complexity index is 1250. The van der Waals surface area contributed by atoms with Gasteiger partial charge >= 0.3 is 0 Å². The van der Waals surface area contributed by atoms with E-state index in [1.54, 1.807) is 27.7 Å². The van der Waals surface area contributed by atoms with E-state index in [2.05, 4.69) is 46.2 Å². The normalized spacial score (nSPS) is 13.5. The Labute approximate surface area is 201 Å². The van der Waals surface area contributed by atoms with Gasteiger partial charge in [-0.15, -0.1) is 0 Å². The first kappa shape index (κ1) is 22.2. The summed E-state index contributed by atoms with van der Waals surface area (Å²) in [6.45, 7) is 7.16. The first-order chi connectivity index (χ1) is 16.2. The van der Waals surface area contributed by atoms with Gasteiger partial charge in [0, 0.05) is 16.8 Å². The van der Waals surface area contributed by atoms with E-state index in [0.717, 1.165) is 45.3 Å². The fourth-order valence-corrected chi connectivity index (χ4v) is 4.81. The molecule has 1 aliphatic rings. The summed E-state index contributed by atoms with van der Waals surface area (Å²) in [7, 11) is 0. The molecule has 34 heavy (non-hydrogen) atoms. The van der Waals surface area contributed by atoms with Crippen LogP contribution in [0.3, 0.4) is 0 Å². The van der Waals surface area contributed by atoms with Crippen LogP contribution in [0.5, 0.6) is 0 Å². The maximum atomic E-state index is 11.2. The molecule has 4 nitrogen and oxygen atoms in total. The first-order valence-electron chi connectivity index (χ1n) is 11.6. The van der Waals surface area contributed by atoms with Crippen LogP contribution in [0.15, 0.2) is 97.1 Å². The number of benzene rings is 4. The molecular formula is C30H30N2O2. The third-order valence-corrected chi connectivity index (χ3v) is 6.32. The summed E-state index contributed by atoms with van der Waals surface area (Å²) in [5.74, 6) is 0. The molecule has 0 spiro atoms. The summed E-state index contributed by atoms with van der Waals surface area (Å²) in [4.78, 5) is 4.45. The summed E-state index contributed by atoms with van der Waals surface area (Å²) in [6.07, 6.45) is 0. The summed E-state index contributed by atoms with van der Waals surface area (Å²) < 4.78 is 0. The quantitative estimate of drug-likeness (QED) is 0.300. The van der Waals surface area contributed by atoms with Crippen molar-refractivity contribution in [3.63, 3.8) is 0 Å². The predicted octanol–water partition coefficient (Wildman–Crippen LogP) is 7.39. The molecule has 4 heteroatoms. The molecule has 2 N–H and O–H groups in total. The summed E-state index contributed by atoms with van der Waals surface area (Å²) >= 11 is 0. The van der Waals surface area contributed by atoms with Gasteiger partial charge in [-0.3, -0.25) is 0 Å². The minimum absolute atomic E-state index is 0.755. The number of para-hydroxylation sites is 6. The number of fused-ring (bicyclic) bond motifs is 2. The van der Waals surface area contributed by atoms with Crippen LogP contribution < -0.4 is 9.80 Å². The van der Waals surface area contributed by atoms with Gasteiger partial charge in [0.05, 0.1) is 39.6 Å². The van der Waals surface area contributed by atoms with Gasteiger partial charge in [-0.05, 0) is 64.1 Å². The van der Waals surface area contributed by atoms with Gasteiger partial charge in [0.15, 0.2) is 0 Å². The molecule has 1 heterocycles. The van der Waals surface area contributed by atoms with Crippen LogP contribution in [-0.2, 0) is 11.2 Å². The lowest BCUT2D eigenvalue weighted by molar-refractivity contribution is 0.0730. The molecule has 0 aliphatic carbocycles. The molecule has 0 unspecified atom stereocenters. The third kappa shape index (κ3) is 3.65. The second kappa shape index (κ2) is 8.01. The largest absolute Gasteiger partial charge is 0.386 e. The van der Waals surface area contributed by atoms with Gasteiger partial charge in [0.25, 0.3) is 0 Å². The topological polar surface area (TPSA) is 46.9 Å². The van der Waals surface area contributed by atoms with Crippen LogP contribution in [0, 0.1) is 0 Å². The number of aliphatic hydroxyl groups is 2. The maximum Gasteiger partial charge on any atom is 0.0860 e. The molecular weight excluding hydrogens is 420 g/mol. The second-order valence-corrected chi connectivity index (χ2v) is 9.80. The lowest BCUT2D eigenvalue weighted by atomic mass is 9.86. The summed E-state index contributed by atoms with van der Waals surface area (Å²) in [5.41, 5.74) is 5.16. The maximum absolute atomic E-state index is 11.2. The van der Waals surface area contributed by atoms with Crippen LogP contribution in [0.25, 0.3) is 0 Å². The van der Waals surface area contributed by atoms with E-state index < -0.39 is 11.2 Å². The Hall–Kier alpha value is -3.60. The zero-order valence-corrected chi connectivity index (χ0v) is 20.0. The van der Waals surface area contributed by atoms with Gasteiger partial charge in [-0.25, -0.2) is 0 Å². The van der Waals surface area contributed by atoms with Crippen molar-refractivity contribution < 1.29 is 10.2 Å². The Morgan fingerprint density at radius 3 is 1.26 bits per heavy atom. The monoisotopic (exact) mass is 450 g/mol. The Kier molecular flexibility index (Phi) is 5.23. The Morgan fingerprint density at radius 1 is 0.471 bits per heavy atom. The smallest absolute Gasteiger partial charge is 0.0860 e. The molecule has 4 aromatic rings. The number of anilines is 6. The highest BCUT2D eigenvalue weighted by atomic mass is 16.3. The van der Waals surface area contributed by atoms with Crippen molar-refractivity contribution in [2.24, 2.45) is 0 Å². The highest BCUT2D eigenvalue weighted by Gasteiger charge is 2.36. The third-order valence-electron chi connectivity index (χ3n) is 6.32. The Morgan fingerprint density at radius 2 is 0.853 bits per heavy atom. The van der Waals surface area contributed by atoms with Gasteiger partial charge in [0.1, 0.15) is 0 Å². The molecule has 0 bridgehead atoms. The minimum atomic E-state index is -1.11. The van der Waals surface area contributed by atoms with Crippen molar-refractivity contribution in [2.75, 3.05) is 9.80 Å². The van der Waals surface area contributed by atoms with Crippen molar-refractivity contribution in [3.8, 4) is 0 Å². The van der Waals surface area contributed by atoms with Crippen molar-refractivity contribution >= 4 is 34.1 Å². The van der Waals surface area contributed by atoms with Crippen molar-refractivity contribution in [1.82, 2.24) is 0 Å². The van der Waals surface area contributed by atoms with Gasteiger partial charge < -0.3 is 20.0 Å². The zero-order chi connectivity index (χ0) is 24.1. The van der Waals surface area contributed by atoms with Gasteiger partial charge in [-0.1, -0.05) is 60.7 Å². The number of hydrogen-bond acceptors (Lipinski definition) is 4. The van der Waals surface area contributed by atoms with E-state index in [1.807, 2.05) is 60.7 Å². The fraction of sp³-hybridized carbons (Fsp3) is 0.200. The van der Waals surface area contributed by atoms with E-state index in [4.69, 9.17) is 0 Å². The molecule has 5 rings (SSSR count). The van der Waals surface area contributed by atoms with Crippen LogP contribution >= 0.6 is 0 Å². The lowest BCUT2D eigenvalue weighted by Gasteiger charge is -2.43. The zero-order valence-electron chi connectivity index (χ0n) is 20.0. The molecule has 0 aromatic heterocycles. The molecule has 0 fully saturated rings. The summed E-state index contributed by atoms with van der Waals surface area (Å²) in [6, 6.07) is 32.7. The van der Waals surface area contributed by atoms with Crippen molar-refractivity contribution in [1.29, 1.82) is 0 Å². The van der Waals surface area contributed by atoms with Crippen LogP contribution in [0.2, 0.25) is 0 Å².